The summed E-state index contributed by atoms with van der Waals surface area (Å²) in [6.07, 6.45) is 1.71. The fourth-order valence-corrected chi connectivity index (χ4v) is 1.35. The molecule has 0 spiro atoms. The third-order valence-electron chi connectivity index (χ3n) is 2.14. The number of rotatable bonds is 7. The van der Waals surface area contributed by atoms with Gasteiger partial charge in [0.05, 0.1) is 6.04 Å². The van der Waals surface area contributed by atoms with E-state index in [0.717, 1.165) is 19.4 Å². The van der Waals surface area contributed by atoms with Crippen LogP contribution < -0.4 is 11.1 Å². The van der Waals surface area contributed by atoms with Gasteiger partial charge in [-0.15, -0.1) is 24.8 Å². The molecule has 0 aliphatic rings. The highest BCUT2D eigenvalue weighted by Crippen LogP contribution is 2.02. The summed E-state index contributed by atoms with van der Waals surface area (Å²) in [5.41, 5.74) is 5.74. The van der Waals surface area contributed by atoms with E-state index in [1.54, 1.807) is 0 Å². The van der Waals surface area contributed by atoms with Crippen LogP contribution in [0.25, 0.3) is 0 Å². The van der Waals surface area contributed by atoms with Crippen molar-refractivity contribution < 1.29 is 4.79 Å². The lowest BCUT2D eigenvalue weighted by Crippen LogP contribution is -2.42. The Morgan fingerprint density at radius 1 is 1.29 bits per heavy atom. The van der Waals surface area contributed by atoms with Gasteiger partial charge in [0.1, 0.15) is 0 Å². The van der Waals surface area contributed by atoms with Gasteiger partial charge in [-0.2, -0.15) is 0 Å². The van der Waals surface area contributed by atoms with Gasteiger partial charge < -0.3 is 16.0 Å². The van der Waals surface area contributed by atoms with Crippen molar-refractivity contribution in [3.63, 3.8) is 0 Å². The first-order valence-corrected chi connectivity index (χ1v) is 5.61. The van der Waals surface area contributed by atoms with Crippen LogP contribution in [-0.4, -0.2) is 44.0 Å². The summed E-state index contributed by atoms with van der Waals surface area (Å²) in [7, 11) is 4.04. The predicted molar refractivity (Wildman–Crippen MR) is 78.1 cm³/mol. The molecule has 0 rings (SSSR count). The highest BCUT2D eigenvalue weighted by molar-refractivity contribution is 5.85. The standard InChI is InChI=1S/C11H25N3O.2ClH/c1-9(2)8-10(12)11(15)13-6-5-7-14(3)4;;/h9-10H,5-8,12H2,1-4H3,(H,13,15);2*1H/t10-;;/m0../s1. The van der Waals surface area contributed by atoms with Gasteiger partial charge >= 0.3 is 0 Å². The van der Waals surface area contributed by atoms with Gasteiger partial charge in [-0.05, 0) is 39.4 Å². The number of nitrogens with two attached hydrogens (primary N) is 1. The number of nitrogens with zero attached hydrogens (tertiary/aromatic N) is 1. The number of nitrogens with one attached hydrogen (secondary N) is 1. The van der Waals surface area contributed by atoms with E-state index < -0.39 is 0 Å². The summed E-state index contributed by atoms with van der Waals surface area (Å²) in [5.74, 6) is 0.440. The van der Waals surface area contributed by atoms with Crippen molar-refractivity contribution in [2.75, 3.05) is 27.2 Å². The van der Waals surface area contributed by atoms with Crippen molar-refractivity contribution >= 4 is 30.7 Å². The summed E-state index contributed by atoms with van der Waals surface area (Å²) in [5, 5.41) is 2.85. The minimum atomic E-state index is -0.357. The van der Waals surface area contributed by atoms with Crippen LogP contribution >= 0.6 is 24.8 Å². The zero-order chi connectivity index (χ0) is 11.8. The Balaban J connectivity index is -0.000000980. The van der Waals surface area contributed by atoms with Gasteiger partial charge in [0.15, 0.2) is 0 Å². The molecule has 17 heavy (non-hydrogen) atoms. The Hall–Kier alpha value is -0.0300. The first kappa shape index (κ1) is 22.2. The predicted octanol–water partition coefficient (Wildman–Crippen LogP) is 1.27. The van der Waals surface area contributed by atoms with Crippen LogP contribution in [0.1, 0.15) is 26.7 Å². The molecule has 106 valence electrons. The number of halogens is 2. The zero-order valence-corrected chi connectivity index (χ0v) is 12.9. The number of hydrogen-bond acceptors (Lipinski definition) is 3. The Kier molecular flexibility index (Phi) is 16.2. The van der Waals surface area contributed by atoms with E-state index in [1.165, 1.54) is 0 Å². The van der Waals surface area contributed by atoms with Gasteiger partial charge in [-0.1, -0.05) is 13.8 Å². The molecule has 0 fully saturated rings. The van der Waals surface area contributed by atoms with Crippen LogP contribution in [0.5, 0.6) is 0 Å². The second-order valence-corrected chi connectivity index (χ2v) is 4.68. The fourth-order valence-electron chi connectivity index (χ4n) is 1.35. The Morgan fingerprint density at radius 3 is 2.24 bits per heavy atom. The van der Waals surface area contributed by atoms with Gasteiger partial charge in [-0.25, -0.2) is 0 Å². The second-order valence-electron chi connectivity index (χ2n) is 4.68. The Bertz CT molecular complexity index is 190. The lowest BCUT2D eigenvalue weighted by atomic mass is 10.0. The summed E-state index contributed by atoms with van der Waals surface area (Å²) >= 11 is 0. The van der Waals surface area contributed by atoms with Crippen molar-refractivity contribution in [2.24, 2.45) is 11.7 Å². The first-order chi connectivity index (χ1) is 6.93. The maximum Gasteiger partial charge on any atom is 0.236 e. The number of hydrogen-bond donors (Lipinski definition) is 2. The topological polar surface area (TPSA) is 58.4 Å². The largest absolute Gasteiger partial charge is 0.355 e. The smallest absolute Gasteiger partial charge is 0.236 e. The molecule has 0 aromatic heterocycles. The van der Waals surface area contributed by atoms with Gasteiger partial charge in [0, 0.05) is 6.54 Å². The first-order valence-electron chi connectivity index (χ1n) is 5.61. The zero-order valence-electron chi connectivity index (χ0n) is 11.2. The third-order valence-corrected chi connectivity index (χ3v) is 2.14. The van der Waals surface area contributed by atoms with Gasteiger partial charge in [0.25, 0.3) is 0 Å². The van der Waals surface area contributed by atoms with Crippen LogP contribution in [0.3, 0.4) is 0 Å². The molecule has 0 saturated carbocycles. The molecule has 0 saturated heterocycles. The van der Waals surface area contributed by atoms with E-state index in [0.29, 0.717) is 12.5 Å². The van der Waals surface area contributed by atoms with Gasteiger partial charge in [0.2, 0.25) is 5.91 Å². The maximum absolute atomic E-state index is 11.5. The Labute approximate surface area is 118 Å². The molecule has 0 radical (unpaired) electrons. The lowest BCUT2D eigenvalue weighted by molar-refractivity contribution is -0.122. The van der Waals surface area contributed by atoms with E-state index in [-0.39, 0.29) is 36.8 Å². The SMILES string of the molecule is CC(C)C[C@H](N)C(=O)NCCCN(C)C.Cl.Cl. The monoisotopic (exact) mass is 287 g/mol. The van der Waals surface area contributed by atoms with Crippen LogP contribution in [0.15, 0.2) is 0 Å². The molecule has 0 bridgehead atoms. The van der Waals surface area contributed by atoms with E-state index in [9.17, 15) is 4.79 Å². The number of carbonyl (C=O) groups is 1. The molecule has 0 aliphatic carbocycles. The molecular formula is C11H27Cl2N3O. The molecule has 0 aliphatic heterocycles. The average molecular weight is 288 g/mol. The molecule has 4 nitrogen and oxygen atoms in total. The molecule has 0 heterocycles. The van der Waals surface area contributed by atoms with Crippen molar-refractivity contribution in [3.05, 3.63) is 0 Å². The molecule has 1 amide bonds. The number of amides is 1. The molecule has 0 aromatic carbocycles. The fraction of sp³-hybridized carbons (Fsp3) is 0.909. The second kappa shape index (κ2) is 12.4. The van der Waals surface area contributed by atoms with Crippen molar-refractivity contribution in [2.45, 2.75) is 32.7 Å². The van der Waals surface area contributed by atoms with E-state index in [1.807, 2.05) is 14.1 Å². The normalized spacial score (nSPS) is 11.7. The van der Waals surface area contributed by atoms with Gasteiger partial charge in [-0.3, -0.25) is 4.79 Å². The van der Waals surface area contributed by atoms with Crippen LogP contribution in [0, 0.1) is 5.92 Å². The van der Waals surface area contributed by atoms with E-state index in [2.05, 4.69) is 24.1 Å². The summed E-state index contributed by atoms with van der Waals surface area (Å²) < 4.78 is 0. The minimum Gasteiger partial charge on any atom is -0.355 e. The molecule has 3 N–H and O–H groups in total. The highest BCUT2D eigenvalue weighted by atomic mass is 35.5. The van der Waals surface area contributed by atoms with Crippen LogP contribution in [-0.2, 0) is 4.79 Å². The quantitative estimate of drug-likeness (QED) is 0.694. The van der Waals surface area contributed by atoms with Crippen LogP contribution in [0.2, 0.25) is 0 Å². The van der Waals surface area contributed by atoms with Crippen molar-refractivity contribution in [1.29, 1.82) is 0 Å². The van der Waals surface area contributed by atoms with Crippen molar-refractivity contribution in [1.82, 2.24) is 10.2 Å². The van der Waals surface area contributed by atoms with Crippen LogP contribution in [0.4, 0.5) is 0 Å². The summed E-state index contributed by atoms with van der Waals surface area (Å²) in [6, 6.07) is -0.357. The lowest BCUT2D eigenvalue weighted by Gasteiger charge is -2.15. The molecule has 0 unspecified atom stereocenters. The minimum absolute atomic E-state index is 0. The maximum atomic E-state index is 11.5. The molecule has 6 heteroatoms. The van der Waals surface area contributed by atoms with E-state index >= 15 is 0 Å². The molecule has 1 atom stereocenters. The number of carbonyl (C=O) groups excluding carboxylic acids is 1. The third kappa shape index (κ3) is 13.9. The Morgan fingerprint density at radius 2 is 1.82 bits per heavy atom. The summed E-state index contributed by atoms with van der Waals surface area (Å²) in [6.45, 7) is 5.83. The highest BCUT2D eigenvalue weighted by Gasteiger charge is 2.13. The molecular weight excluding hydrogens is 261 g/mol. The van der Waals surface area contributed by atoms with Crippen molar-refractivity contribution in [3.8, 4) is 0 Å². The van der Waals surface area contributed by atoms with E-state index in [4.69, 9.17) is 5.73 Å². The summed E-state index contributed by atoms with van der Waals surface area (Å²) in [4.78, 5) is 13.6. The molecule has 0 aromatic rings. The average Bonchev–Trinajstić information content (AvgIpc) is 2.10.